The Bertz CT molecular complexity index is 440. The minimum Gasteiger partial charge on any atom is -0.325 e. The summed E-state index contributed by atoms with van der Waals surface area (Å²) >= 11 is 0. The van der Waals surface area contributed by atoms with Crippen molar-refractivity contribution in [2.45, 2.75) is 6.92 Å². The quantitative estimate of drug-likeness (QED) is 0.812. The zero-order valence-electron chi connectivity index (χ0n) is 13.1. The van der Waals surface area contributed by atoms with E-state index >= 15 is 0 Å². The van der Waals surface area contributed by atoms with Gasteiger partial charge in [0.2, 0.25) is 5.91 Å². The third-order valence-corrected chi connectivity index (χ3v) is 3.76. The van der Waals surface area contributed by atoms with Gasteiger partial charge in [0.25, 0.3) is 0 Å². The second-order valence-corrected chi connectivity index (χ2v) is 5.74. The topological polar surface area (TPSA) is 47.6 Å². The summed E-state index contributed by atoms with van der Waals surface area (Å²) in [5.41, 5.74) is 2.06. The van der Waals surface area contributed by atoms with Crippen LogP contribution in [0.2, 0.25) is 0 Å². The molecule has 0 atom stereocenters. The van der Waals surface area contributed by atoms with Crippen LogP contribution in [0.25, 0.3) is 0 Å². The number of carbonyl (C=O) groups is 1. The third kappa shape index (κ3) is 5.83. The number of nitrogens with zero attached hydrogens (tertiary/aromatic N) is 2. The molecule has 116 valence electrons. The Morgan fingerprint density at radius 1 is 1.29 bits per heavy atom. The van der Waals surface area contributed by atoms with Gasteiger partial charge in [-0.3, -0.25) is 14.6 Å². The highest BCUT2D eigenvalue weighted by Gasteiger charge is 2.11. The van der Waals surface area contributed by atoms with Crippen molar-refractivity contribution in [3.63, 3.8) is 0 Å². The number of carbonyl (C=O) groups excluding carboxylic acids is 1. The van der Waals surface area contributed by atoms with Crippen LogP contribution in [-0.4, -0.2) is 68.6 Å². The van der Waals surface area contributed by atoms with Crippen LogP contribution in [0.15, 0.2) is 24.3 Å². The summed E-state index contributed by atoms with van der Waals surface area (Å²) in [5, 5.41) is 6.28. The van der Waals surface area contributed by atoms with Crippen LogP contribution < -0.4 is 10.6 Å². The zero-order chi connectivity index (χ0) is 15.1. The molecule has 5 heteroatoms. The van der Waals surface area contributed by atoms with Crippen molar-refractivity contribution >= 4 is 11.6 Å². The van der Waals surface area contributed by atoms with Gasteiger partial charge in [-0.05, 0) is 26.1 Å². The maximum atomic E-state index is 12.0. The molecule has 1 aliphatic heterocycles. The van der Waals surface area contributed by atoms with E-state index in [2.05, 4.69) is 20.4 Å². The molecule has 2 rings (SSSR count). The number of nitrogens with one attached hydrogen (secondary N) is 2. The van der Waals surface area contributed by atoms with Crippen molar-refractivity contribution in [1.29, 1.82) is 0 Å². The lowest BCUT2D eigenvalue weighted by atomic mass is 10.2. The first-order valence-corrected chi connectivity index (χ1v) is 7.61. The van der Waals surface area contributed by atoms with Gasteiger partial charge in [0.05, 0.1) is 6.54 Å². The molecule has 1 aliphatic rings. The first kappa shape index (κ1) is 15.9. The molecule has 0 aromatic heterocycles. The summed E-state index contributed by atoms with van der Waals surface area (Å²) < 4.78 is 0. The van der Waals surface area contributed by atoms with Crippen LogP contribution in [0.5, 0.6) is 0 Å². The first-order valence-electron chi connectivity index (χ1n) is 7.61. The average Bonchev–Trinajstić information content (AvgIpc) is 2.48. The fourth-order valence-electron chi connectivity index (χ4n) is 2.41. The standard InChI is InChI=1S/C16H26N4O/c1-14-3-5-15(6-4-14)18-16(21)13-19(2)11-12-20-9-7-17-8-10-20/h3-6,17H,7-13H2,1-2H3,(H,18,21). The Hall–Kier alpha value is -1.43. The van der Waals surface area contributed by atoms with E-state index in [1.54, 1.807) is 0 Å². The summed E-state index contributed by atoms with van der Waals surface area (Å²) in [6, 6.07) is 7.88. The molecule has 1 heterocycles. The molecule has 0 spiro atoms. The molecule has 1 amide bonds. The number of hydrogen-bond acceptors (Lipinski definition) is 4. The van der Waals surface area contributed by atoms with Gasteiger partial charge in [0, 0.05) is 45.0 Å². The van der Waals surface area contributed by atoms with Gasteiger partial charge in [-0.15, -0.1) is 0 Å². The molecular formula is C16H26N4O. The van der Waals surface area contributed by atoms with E-state index in [1.807, 2.05) is 38.2 Å². The largest absolute Gasteiger partial charge is 0.325 e. The lowest BCUT2D eigenvalue weighted by molar-refractivity contribution is -0.117. The Balaban J connectivity index is 1.67. The van der Waals surface area contributed by atoms with Crippen LogP contribution in [0.4, 0.5) is 5.69 Å². The van der Waals surface area contributed by atoms with Crippen LogP contribution in [0, 0.1) is 6.92 Å². The predicted octanol–water partition coefficient (Wildman–Crippen LogP) is 0.771. The predicted molar refractivity (Wildman–Crippen MR) is 86.6 cm³/mol. The van der Waals surface area contributed by atoms with Gasteiger partial charge >= 0.3 is 0 Å². The molecule has 0 saturated carbocycles. The van der Waals surface area contributed by atoms with Crippen molar-refractivity contribution in [2.24, 2.45) is 0 Å². The molecule has 1 aromatic rings. The van der Waals surface area contributed by atoms with Gasteiger partial charge in [-0.2, -0.15) is 0 Å². The Labute approximate surface area is 127 Å². The highest BCUT2D eigenvalue weighted by molar-refractivity contribution is 5.92. The summed E-state index contributed by atoms with van der Waals surface area (Å²) in [6.07, 6.45) is 0. The Morgan fingerprint density at radius 3 is 2.62 bits per heavy atom. The van der Waals surface area contributed by atoms with Crippen molar-refractivity contribution in [2.75, 3.05) is 58.2 Å². The van der Waals surface area contributed by atoms with Crippen molar-refractivity contribution in [3.8, 4) is 0 Å². The minimum absolute atomic E-state index is 0.0432. The number of hydrogen-bond donors (Lipinski definition) is 2. The molecule has 0 bridgehead atoms. The van der Waals surface area contributed by atoms with Crippen LogP contribution >= 0.6 is 0 Å². The fraction of sp³-hybridized carbons (Fsp3) is 0.562. The van der Waals surface area contributed by atoms with E-state index in [9.17, 15) is 4.79 Å². The molecule has 2 N–H and O–H groups in total. The van der Waals surface area contributed by atoms with Crippen molar-refractivity contribution in [1.82, 2.24) is 15.1 Å². The van der Waals surface area contributed by atoms with E-state index in [-0.39, 0.29) is 5.91 Å². The molecule has 1 fully saturated rings. The van der Waals surface area contributed by atoms with E-state index in [4.69, 9.17) is 0 Å². The SMILES string of the molecule is Cc1ccc(NC(=O)CN(C)CCN2CCNCC2)cc1. The second kappa shape index (κ2) is 8.12. The van der Waals surface area contributed by atoms with Gasteiger partial charge in [0.1, 0.15) is 0 Å². The summed E-state index contributed by atoms with van der Waals surface area (Å²) in [6.45, 7) is 8.74. The molecule has 1 aromatic carbocycles. The number of aryl methyl sites for hydroxylation is 1. The molecule has 21 heavy (non-hydrogen) atoms. The fourth-order valence-corrected chi connectivity index (χ4v) is 2.41. The van der Waals surface area contributed by atoms with Gasteiger partial charge in [-0.1, -0.05) is 17.7 Å². The van der Waals surface area contributed by atoms with Crippen molar-refractivity contribution < 1.29 is 4.79 Å². The lowest BCUT2D eigenvalue weighted by Crippen LogP contribution is -2.46. The van der Waals surface area contributed by atoms with Crippen LogP contribution in [-0.2, 0) is 4.79 Å². The second-order valence-electron chi connectivity index (χ2n) is 5.74. The maximum Gasteiger partial charge on any atom is 0.238 e. The maximum absolute atomic E-state index is 12.0. The number of amides is 1. The summed E-state index contributed by atoms with van der Waals surface area (Å²) in [5.74, 6) is 0.0432. The number of rotatable bonds is 6. The highest BCUT2D eigenvalue weighted by atomic mass is 16.2. The zero-order valence-corrected chi connectivity index (χ0v) is 13.1. The van der Waals surface area contributed by atoms with E-state index in [0.29, 0.717) is 6.54 Å². The highest BCUT2D eigenvalue weighted by Crippen LogP contribution is 2.08. The molecule has 0 aliphatic carbocycles. The number of benzene rings is 1. The van der Waals surface area contributed by atoms with Crippen LogP contribution in [0.1, 0.15) is 5.56 Å². The molecule has 0 radical (unpaired) electrons. The number of anilines is 1. The van der Waals surface area contributed by atoms with Gasteiger partial charge in [0.15, 0.2) is 0 Å². The van der Waals surface area contributed by atoms with E-state index in [1.165, 1.54) is 5.56 Å². The minimum atomic E-state index is 0.0432. The molecular weight excluding hydrogens is 264 g/mol. The number of piperazine rings is 1. The van der Waals surface area contributed by atoms with Gasteiger partial charge in [-0.25, -0.2) is 0 Å². The normalized spacial score (nSPS) is 16.1. The summed E-state index contributed by atoms with van der Waals surface area (Å²) in [7, 11) is 2.00. The third-order valence-electron chi connectivity index (χ3n) is 3.76. The summed E-state index contributed by atoms with van der Waals surface area (Å²) in [4.78, 5) is 16.5. The van der Waals surface area contributed by atoms with Crippen molar-refractivity contribution in [3.05, 3.63) is 29.8 Å². The molecule has 1 saturated heterocycles. The van der Waals surface area contributed by atoms with Crippen LogP contribution in [0.3, 0.4) is 0 Å². The van der Waals surface area contributed by atoms with E-state index < -0.39 is 0 Å². The monoisotopic (exact) mass is 290 g/mol. The molecule has 5 nitrogen and oxygen atoms in total. The average molecular weight is 290 g/mol. The lowest BCUT2D eigenvalue weighted by Gasteiger charge is -2.28. The van der Waals surface area contributed by atoms with E-state index in [0.717, 1.165) is 45.0 Å². The number of likely N-dealkylation sites (N-methyl/N-ethyl adjacent to an activating group) is 1. The first-order chi connectivity index (χ1) is 10.1. The van der Waals surface area contributed by atoms with Gasteiger partial charge < -0.3 is 10.6 Å². The smallest absolute Gasteiger partial charge is 0.238 e. The Kier molecular flexibility index (Phi) is 6.17. The molecule has 0 unspecified atom stereocenters. The Morgan fingerprint density at radius 2 is 1.95 bits per heavy atom.